The summed E-state index contributed by atoms with van der Waals surface area (Å²) in [5.41, 5.74) is 2.52. The zero-order valence-corrected chi connectivity index (χ0v) is 16.8. The largest absolute Gasteiger partial charge is 0.480 e. The predicted octanol–water partition coefficient (Wildman–Crippen LogP) is 1.91. The molecule has 1 aliphatic rings. The van der Waals surface area contributed by atoms with Crippen LogP contribution in [0.1, 0.15) is 37.8 Å². The minimum absolute atomic E-state index is 0.0694. The Morgan fingerprint density at radius 2 is 1.96 bits per heavy atom. The third kappa shape index (κ3) is 6.33. The standard InChI is InChI=1S/C21H33N3O3/c1-4-23(15-20(25)26)19-10-13-24(14-11-19)17(3)21(27)22-12-9-18-8-6-5-7-16(18)2/h5-8,17,19H,4,9-15H2,1-3H3,(H,22,27)(H,25,26). The third-order valence-electron chi connectivity index (χ3n) is 5.64. The molecule has 1 fully saturated rings. The van der Waals surface area contributed by atoms with Gasteiger partial charge >= 0.3 is 5.97 Å². The number of carboxylic acids is 1. The van der Waals surface area contributed by atoms with E-state index >= 15 is 0 Å². The first-order valence-corrected chi connectivity index (χ1v) is 9.94. The third-order valence-corrected chi connectivity index (χ3v) is 5.64. The molecule has 2 rings (SSSR count). The molecule has 2 N–H and O–H groups in total. The number of hydrogen-bond acceptors (Lipinski definition) is 4. The van der Waals surface area contributed by atoms with E-state index in [0.29, 0.717) is 12.6 Å². The van der Waals surface area contributed by atoms with Gasteiger partial charge in [-0.15, -0.1) is 0 Å². The predicted molar refractivity (Wildman–Crippen MR) is 107 cm³/mol. The Morgan fingerprint density at radius 3 is 2.56 bits per heavy atom. The molecule has 6 nitrogen and oxygen atoms in total. The number of aryl methyl sites for hydroxylation is 1. The molecule has 27 heavy (non-hydrogen) atoms. The molecule has 0 bridgehead atoms. The fraction of sp³-hybridized carbons (Fsp3) is 0.619. The first-order chi connectivity index (χ1) is 12.9. The van der Waals surface area contributed by atoms with Crippen molar-refractivity contribution in [2.75, 3.05) is 32.7 Å². The monoisotopic (exact) mass is 375 g/mol. The number of carboxylic acid groups (broad SMARTS) is 1. The second kappa shape index (κ2) is 10.4. The van der Waals surface area contributed by atoms with E-state index in [1.807, 2.05) is 30.9 Å². The summed E-state index contributed by atoms with van der Waals surface area (Å²) >= 11 is 0. The fourth-order valence-electron chi connectivity index (χ4n) is 3.84. The van der Waals surface area contributed by atoms with E-state index in [1.54, 1.807) is 0 Å². The summed E-state index contributed by atoms with van der Waals surface area (Å²) in [5.74, 6) is -0.708. The number of likely N-dealkylation sites (N-methyl/N-ethyl adjacent to an activating group) is 1. The molecule has 1 aromatic carbocycles. The minimum atomic E-state index is -0.777. The molecule has 1 saturated heterocycles. The number of benzene rings is 1. The summed E-state index contributed by atoms with van der Waals surface area (Å²) in [6, 6.07) is 8.39. The van der Waals surface area contributed by atoms with Gasteiger partial charge in [-0.2, -0.15) is 0 Å². The summed E-state index contributed by atoms with van der Waals surface area (Å²) < 4.78 is 0. The molecule has 0 aromatic heterocycles. The van der Waals surface area contributed by atoms with Crippen molar-refractivity contribution in [1.82, 2.24) is 15.1 Å². The first-order valence-electron chi connectivity index (χ1n) is 9.94. The number of nitrogens with zero attached hydrogens (tertiary/aromatic N) is 2. The number of rotatable bonds is 9. The summed E-state index contributed by atoms with van der Waals surface area (Å²) in [7, 11) is 0. The number of carbonyl (C=O) groups is 2. The lowest BCUT2D eigenvalue weighted by atomic mass is 10.0. The van der Waals surface area contributed by atoms with Crippen molar-refractivity contribution in [1.29, 1.82) is 0 Å². The SMILES string of the molecule is CCN(CC(=O)O)C1CCN(C(C)C(=O)NCCc2ccccc2C)CC1. The van der Waals surface area contributed by atoms with Crippen LogP contribution in [0.25, 0.3) is 0 Å². The van der Waals surface area contributed by atoms with Crippen molar-refractivity contribution in [3.63, 3.8) is 0 Å². The van der Waals surface area contributed by atoms with Crippen LogP contribution in [0.2, 0.25) is 0 Å². The number of carbonyl (C=O) groups excluding carboxylic acids is 1. The van der Waals surface area contributed by atoms with Crippen LogP contribution in [0.15, 0.2) is 24.3 Å². The Labute approximate surface area is 162 Å². The maximum Gasteiger partial charge on any atom is 0.317 e. The highest BCUT2D eigenvalue weighted by Crippen LogP contribution is 2.18. The van der Waals surface area contributed by atoms with Crippen LogP contribution < -0.4 is 5.32 Å². The van der Waals surface area contributed by atoms with Crippen LogP contribution in [-0.4, -0.2) is 71.6 Å². The summed E-state index contributed by atoms with van der Waals surface area (Å²) in [5, 5.41) is 12.1. The van der Waals surface area contributed by atoms with Crippen molar-refractivity contribution in [3.8, 4) is 0 Å². The molecular weight excluding hydrogens is 342 g/mol. The van der Waals surface area contributed by atoms with Crippen molar-refractivity contribution in [3.05, 3.63) is 35.4 Å². The summed E-state index contributed by atoms with van der Waals surface area (Å²) in [6.45, 7) is 9.18. The molecule has 1 heterocycles. The smallest absolute Gasteiger partial charge is 0.317 e. The second-order valence-corrected chi connectivity index (χ2v) is 7.37. The minimum Gasteiger partial charge on any atom is -0.480 e. The molecule has 0 aliphatic carbocycles. The molecule has 6 heteroatoms. The van der Waals surface area contributed by atoms with Gasteiger partial charge in [-0.05, 0) is 50.8 Å². The number of likely N-dealkylation sites (tertiary alicyclic amines) is 1. The van der Waals surface area contributed by atoms with Gasteiger partial charge in [0.1, 0.15) is 0 Å². The Morgan fingerprint density at radius 1 is 1.30 bits per heavy atom. The molecule has 0 saturated carbocycles. The van der Waals surface area contributed by atoms with E-state index < -0.39 is 5.97 Å². The van der Waals surface area contributed by atoms with E-state index in [9.17, 15) is 9.59 Å². The molecule has 1 unspecified atom stereocenters. The van der Waals surface area contributed by atoms with Crippen molar-refractivity contribution >= 4 is 11.9 Å². The highest BCUT2D eigenvalue weighted by Gasteiger charge is 2.29. The van der Waals surface area contributed by atoms with Crippen LogP contribution in [0.5, 0.6) is 0 Å². The maximum absolute atomic E-state index is 12.5. The average Bonchev–Trinajstić information content (AvgIpc) is 2.67. The van der Waals surface area contributed by atoms with Crippen LogP contribution in [0, 0.1) is 6.92 Å². The summed E-state index contributed by atoms with van der Waals surface area (Å²) in [6.07, 6.45) is 2.65. The van der Waals surface area contributed by atoms with Gasteiger partial charge in [0.25, 0.3) is 0 Å². The van der Waals surface area contributed by atoms with Crippen molar-refractivity contribution < 1.29 is 14.7 Å². The molecule has 1 amide bonds. The number of piperidine rings is 1. The lowest BCUT2D eigenvalue weighted by Gasteiger charge is -2.39. The van der Waals surface area contributed by atoms with Gasteiger partial charge in [0, 0.05) is 25.7 Å². The topological polar surface area (TPSA) is 72.9 Å². The highest BCUT2D eigenvalue weighted by molar-refractivity contribution is 5.81. The highest BCUT2D eigenvalue weighted by atomic mass is 16.4. The van der Waals surface area contributed by atoms with Gasteiger partial charge in [-0.1, -0.05) is 31.2 Å². The van der Waals surface area contributed by atoms with E-state index in [1.165, 1.54) is 11.1 Å². The number of nitrogens with one attached hydrogen (secondary N) is 1. The second-order valence-electron chi connectivity index (χ2n) is 7.37. The van der Waals surface area contributed by atoms with E-state index in [0.717, 1.165) is 38.9 Å². The first kappa shape index (κ1) is 21.4. The molecule has 150 valence electrons. The lowest BCUT2D eigenvalue weighted by Crippen LogP contribution is -2.52. The van der Waals surface area contributed by atoms with Gasteiger partial charge in [0.15, 0.2) is 0 Å². The number of amides is 1. The van der Waals surface area contributed by atoms with E-state index in [-0.39, 0.29) is 18.5 Å². The Hall–Kier alpha value is -1.92. The van der Waals surface area contributed by atoms with Gasteiger partial charge in [-0.3, -0.25) is 19.4 Å². The molecule has 1 aliphatic heterocycles. The van der Waals surface area contributed by atoms with Crippen LogP contribution >= 0.6 is 0 Å². The van der Waals surface area contributed by atoms with Gasteiger partial charge < -0.3 is 10.4 Å². The van der Waals surface area contributed by atoms with Gasteiger partial charge in [0.2, 0.25) is 5.91 Å². The zero-order chi connectivity index (χ0) is 19.8. The zero-order valence-electron chi connectivity index (χ0n) is 16.8. The lowest BCUT2D eigenvalue weighted by molar-refractivity contribution is -0.139. The van der Waals surface area contributed by atoms with Crippen molar-refractivity contribution in [2.24, 2.45) is 0 Å². The molecule has 0 spiro atoms. The number of aliphatic carboxylic acids is 1. The quantitative estimate of drug-likeness (QED) is 0.690. The van der Waals surface area contributed by atoms with Crippen LogP contribution in [0.3, 0.4) is 0 Å². The molecule has 1 aromatic rings. The Bertz CT molecular complexity index is 627. The van der Waals surface area contributed by atoms with E-state index in [4.69, 9.17) is 5.11 Å². The normalized spacial score (nSPS) is 17.0. The van der Waals surface area contributed by atoms with Gasteiger partial charge in [-0.25, -0.2) is 0 Å². The van der Waals surface area contributed by atoms with Crippen LogP contribution in [0.4, 0.5) is 0 Å². The van der Waals surface area contributed by atoms with Crippen molar-refractivity contribution in [2.45, 2.75) is 52.1 Å². The molecular formula is C21H33N3O3. The molecule has 1 atom stereocenters. The molecule has 0 radical (unpaired) electrons. The Kier molecular flexibility index (Phi) is 8.25. The Balaban J connectivity index is 1.76. The number of hydrogen-bond donors (Lipinski definition) is 2. The van der Waals surface area contributed by atoms with Gasteiger partial charge in [0.05, 0.1) is 12.6 Å². The van der Waals surface area contributed by atoms with E-state index in [2.05, 4.69) is 29.3 Å². The average molecular weight is 376 g/mol. The van der Waals surface area contributed by atoms with Crippen LogP contribution in [-0.2, 0) is 16.0 Å². The maximum atomic E-state index is 12.5. The fourth-order valence-corrected chi connectivity index (χ4v) is 3.84. The summed E-state index contributed by atoms with van der Waals surface area (Å²) in [4.78, 5) is 27.7.